The first-order valence-electron chi connectivity index (χ1n) is 2.14. The fraction of sp³-hybridized carbons (Fsp3) is 0.400. The maximum absolute atomic E-state index is 11.8. The third-order valence-corrected chi connectivity index (χ3v) is 0.523. The Morgan fingerprint density at radius 1 is 2.00 bits per heavy atom. The maximum atomic E-state index is 11.8. The molecule has 0 amide bonds. The van der Waals surface area contributed by atoms with Crippen LogP contribution in [0.15, 0.2) is 17.8 Å². The zero-order valence-corrected chi connectivity index (χ0v) is 4.32. The third-order valence-electron chi connectivity index (χ3n) is 0.523. The second kappa shape index (κ2) is 3.53. The monoisotopic (exact) mass is 101 g/mol. The number of hydrogen-bond donors (Lipinski definition) is 0. The summed E-state index contributed by atoms with van der Waals surface area (Å²) in [7, 11) is 0. The first-order chi connectivity index (χ1) is 3.31. The number of halogens is 1. The molecule has 0 saturated heterocycles. The molecule has 0 heterocycles. The van der Waals surface area contributed by atoms with Gasteiger partial charge in [0.15, 0.2) is 5.97 Å². The van der Waals surface area contributed by atoms with Gasteiger partial charge in [-0.15, -0.1) is 0 Å². The van der Waals surface area contributed by atoms with Crippen molar-refractivity contribution in [2.75, 3.05) is 0 Å². The Labute approximate surface area is 42.6 Å². The van der Waals surface area contributed by atoms with Crippen LogP contribution >= 0.6 is 0 Å². The van der Waals surface area contributed by atoms with Crippen molar-refractivity contribution >= 4 is 5.97 Å². The molecule has 0 N–H and O–H groups in total. The van der Waals surface area contributed by atoms with E-state index in [-0.39, 0.29) is 5.97 Å². The lowest BCUT2D eigenvalue weighted by Gasteiger charge is -1.79. The Balaban J connectivity index is 3.49. The molecule has 0 fully saturated rings. The molecule has 0 bridgehead atoms. The lowest BCUT2D eigenvalue weighted by molar-refractivity contribution is 0.772. The van der Waals surface area contributed by atoms with E-state index < -0.39 is 0 Å². The van der Waals surface area contributed by atoms with E-state index in [2.05, 4.69) is 11.6 Å². The molecule has 0 aliphatic carbocycles. The summed E-state index contributed by atoms with van der Waals surface area (Å²) in [4.78, 5) is 3.26. The van der Waals surface area contributed by atoms with E-state index >= 15 is 0 Å². The summed E-state index contributed by atoms with van der Waals surface area (Å²) < 4.78 is 11.8. The molecule has 0 aliphatic heterocycles. The predicted octanol–water partition coefficient (Wildman–Crippen LogP) is 1.91. The molecule has 0 aromatic rings. The Bertz CT molecular complexity index is 86.1. The molecule has 40 valence electrons. The molecule has 0 aliphatic rings. The largest absolute Gasteiger partial charge is 0.233 e. The van der Waals surface area contributed by atoms with Crippen LogP contribution in [0.2, 0.25) is 0 Å². The molecule has 0 saturated carbocycles. The first kappa shape index (κ1) is 6.34. The summed E-state index contributed by atoms with van der Waals surface area (Å²) in [5, 5.41) is 0. The van der Waals surface area contributed by atoms with Gasteiger partial charge in [-0.05, 0) is 0 Å². The lowest BCUT2D eigenvalue weighted by Crippen LogP contribution is -1.79. The second-order valence-electron chi connectivity index (χ2n) is 1.04. The summed E-state index contributed by atoms with van der Waals surface area (Å²) in [5.74, 6) is -0.366. The Kier molecular flexibility index (Phi) is 3.19. The van der Waals surface area contributed by atoms with Crippen molar-refractivity contribution in [3.8, 4) is 0 Å². The van der Waals surface area contributed by atoms with Crippen molar-refractivity contribution in [3.05, 3.63) is 12.8 Å². The van der Waals surface area contributed by atoms with Crippen molar-refractivity contribution in [1.29, 1.82) is 0 Å². The van der Waals surface area contributed by atoms with E-state index in [9.17, 15) is 4.39 Å². The van der Waals surface area contributed by atoms with Crippen LogP contribution < -0.4 is 0 Å². The SMILES string of the molecule is C=CN=C(F)CC. The average Bonchev–Trinajstić information content (AvgIpc) is 1.68. The van der Waals surface area contributed by atoms with E-state index in [1.54, 1.807) is 6.92 Å². The third kappa shape index (κ3) is 3.16. The molecule has 0 aromatic carbocycles. The Morgan fingerprint density at radius 3 is 2.71 bits per heavy atom. The average molecular weight is 101 g/mol. The molecular weight excluding hydrogens is 93.1 g/mol. The van der Waals surface area contributed by atoms with Crippen LogP contribution in [-0.4, -0.2) is 5.97 Å². The summed E-state index contributed by atoms with van der Waals surface area (Å²) in [6.07, 6.45) is 1.55. The quantitative estimate of drug-likeness (QED) is 0.471. The number of rotatable bonds is 2. The standard InChI is InChI=1S/C5H8FN/c1-3-5(6)7-4-2/h4H,2-3H2,1H3. The van der Waals surface area contributed by atoms with Gasteiger partial charge < -0.3 is 0 Å². The molecule has 0 aromatic heterocycles. The Hall–Kier alpha value is -0.660. The highest BCUT2D eigenvalue weighted by molar-refractivity contribution is 5.74. The number of aliphatic imine (C=N–C) groups is 1. The van der Waals surface area contributed by atoms with Gasteiger partial charge in [-0.2, -0.15) is 4.39 Å². The number of nitrogens with zero attached hydrogens (tertiary/aromatic N) is 1. The molecule has 0 spiro atoms. The van der Waals surface area contributed by atoms with E-state index in [4.69, 9.17) is 0 Å². The maximum Gasteiger partial charge on any atom is 0.188 e. The van der Waals surface area contributed by atoms with Crippen molar-refractivity contribution in [2.24, 2.45) is 4.99 Å². The van der Waals surface area contributed by atoms with Gasteiger partial charge in [0.2, 0.25) is 0 Å². The van der Waals surface area contributed by atoms with Gasteiger partial charge >= 0.3 is 0 Å². The molecule has 0 radical (unpaired) electrons. The van der Waals surface area contributed by atoms with Crippen molar-refractivity contribution in [3.63, 3.8) is 0 Å². The zero-order chi connectivity index (χ0) is 5.70. The minimum Gasteiger partial charge on any atom is -0.233 e. The van der Waals surface area contributed by atoms with Gasteiger partial charge in [-0.3, -0.25) is 0 Å². The van der Waals surface area contributed by atoms with Crippen LogP contribution in [0.3, 0.4) is 0 Å². The van der Waals surface area contributed by atoms with E-state index in [0.29, 0.717) is 6.42 Å². The van der Waals surface area contributed by atoms with E-state index in [1.165, 1.54) is 6.20 Å². The van der Waals surface area contributed by atoms with Crippen LogP contribution in [0.5, 0.6) is 0 Å². The molecule has 2 heteroatoms. The van der Waals surface area contributed by atoms with Gasteiger partial charge in [-0.1, -0.05) is 13.5 Å². The molecule has 0 rings (SSSR count). The minimum atomic E-state index is -0.366. The molecule has 0 atom stereocenters. The van der Waals surface area contributed by atoms with E-state index in [1.807, 2.05) is 0 Å². The van der Waals surface area contributed by atoms with Gasteiger partial charge in [-0.25, -0.2) is 4.99 Å². The highest BCUT2D eigenvalue weighted by atomic mass is 19.1. The minimum absolute atomic E-state index is 0.353. The normalized spacial score (nSPS) is 11.4. The van der Waals surface area contributed by atoms with Crippen LogP contribution in [0.4, 0.5) is 4.39 Å². The first-order valence-corrected chi connectivity index (χ1v) is 2.14. The second-order valence-corrected chi connectivity index (χ2v) is 1.04. The van der Waals surface area contributed by atoms with Gasteiger partial charge in [0.05, 0.1) is 0 Å². The molecule has 7 heavy (non-hydrogen) atoms. The van der Waals surface area contributed by atoms with Gasteiger partial charge in [0.1, 0.15) is 0 Å². The van der Waals surface area contributed by atoms with Crippen molar-refractivity contribution in [1.82, 2.24) is 0 Å². The summed E-state index contributed by atoms with van der Waals surface area (Å²) in [5.41, 5.74) is 0. The fourth-order valence-electron chi connectivity index (χ4n) is 0.190. The highest BCUT2D eigenvalue weighted by Crippen LogP contribution is 1.85. The van der Waals surface area contributed by atoms with Crippen LogP contribution in [0.1, 0.15) is 13.3 Å². The van der Waals surface area contributed by atoms with Crippen LogP contribution in [-0.2, 0) is 0 Å². The molecule has 1 nitrogen and oxygen atoms in total. The van der Waals surface area contributed by atoms with Crippen LogP contribution in [0, 0.1) is 0 Å². The topological polar surface area (TPSA) is 12.4 Å². The predicted molar refractivity (Wildman–Crippen MR) is 29.0 cm³/mol. The summed E-state index contributed by atoms with van der Waals surface area (Å²) in [6.45, 7) is 4.92. The van der Waals surface area contributed by atoms with Crippen LogP contribution in [0.25, 0.3) is 0 Å². The van der Waals surface area contributed by atoms with Crippen molar-refractivity contribution < 1.29 is 4.39 Å². The fourth-order valence-corrected chi connectivity index (χ4v) is 0.190. The molecular formula is C5H8FN. The smallest absolute Gasteiger partial charge is 0.188 e. The highest BCUT2D eigenvalue weighted by Gasteiger charge is 1.83. The number of hydrogen-bond acceptors (Lipinski definition) is 1. The molecule has 0 unspecified atom stereocenters. The Morgan fingerprint density at radius 2 is 2.57 bits per heavy atom. The summed E-state index contributed by atoms with van der Waals surface area (Å²) >= 11 is 0. The van der Waals surface area contributed by atoms with Gasteiger partial charge in [0.25, 0.3) is 0 Å². The van der Waals surface area contributed by atoms with Gasteiger partial charge in [0, 0.05) is 12.6 Å². The summed E-state index contributed by atoms with van der Waals surface area (Å²) in [6, 6.07) is 0. The van der Waals surface area contributed by atoms with Crippen molar-refractivity contribution in [2.45, 2.75) is 13.3 Å². The van der Waals surface area contributed by atoms with E-state index in [0.717, 1.165) is 0 Å². The zero-order valence-electron chi connectivity index (χ0n) is 4.32. The lowest BCUT2D eigenvalue weighted by atomic mass is 10.5.